The Labute approximate surface area is 470 Å². The first-order chi connectivity index (χ1) is 35.5. The highest BCUT2D eigenvalue weighted by atomic mass is 32.1. The van der Waals surface area contributed by atoms with Gasteiger partial charge in [-0.25, -0.2) is 0 Å². The summed E-state index contributed by atoms with van der Waals surface area (Å²) in [5.41, 5.74) is 0. The molecule has 0 aliphatic carbocycles. The zero-order chi connectivity index (χ0) is 52.5. The van der Waals surface area contributed by atoms with Crippen LogP contribution in [0, 0.1) is 0 Å². The normalized spacial score (nSPS) is 14.5. The predicted molar refractivity (Wildman–Crippen MR) is 302 cm³/mol. The Bertz CT molecular complexity index is 1040. The van der Waals surface area contributed by atoms with Crippen molar-refractivity contribution >= 4 is 88.4 Å². The molecule has 19 nitrogen and oxygen atoms in total. The Morgan fingerprint density at radius 2 is 0.375 bits per heavy atom. The third kappa shape index (κ3) is 53.7. The highest BCUT2D eigenvalue weighted by Gasteiger charge is 2.20. The van der Waals surface area contributed by atoms with Crippen molar-refractivity contribution < 1.29 is 90.0 Å². The summed E-state index contributed by atoms with van der Waals surface area (Å²) >= 11 is 29.4. The van der Waals surface area contributed by atoms with E-state index in [1.54, 1.807) is 0 Å². The fourth-order valence-electron chi connectivity index (χ4n) is 5.63. The molecule has 0 heterocycles. The van der Waals surface area contributed by atoms with E-state index in [9.17, 15) is 0 Å². The van der Waals surface area contributed by atoms with Crippen molar-refractivity contribution in [2.45, 2.75) is 43.5 Å². The molecule has 0 aromatic heterocycles. The Morgan fingerprint density at radius 3 is 0.611 bits per heavy atom. The molecular formula is C46H94O19S7. The molecule has 72 heavy (non-hydrogen) atoms. The Hall–Kier alpha value is 1.69. The average Bonchev–Trinajstić information content (AvgIpc) is 3.38. The second-order valence-electron chi connectivity index (χ2n) is 15.3. The predicted octanol–water partition coefficient (Wildman–Crippen LogP) is 3.04. The van der Waals surface area contributed by atoms with Gasteiger partial charge in [-0.2, -0.15) is 88.4 Å². The van der Waals surface area contributed by atoms with Crippen LogP contribution < -0.4 is 0 Å². The molecule has 0 N–H and O–H groups in total. The van der Waals surface area contributed by atoms with Gasteiger partial charge < -0.3 is 90.0 Å². The summed E-state index contributed by atoms with van der Waals surface area (Å²) in [5.74, 6) is 4.38. The summed E-state index contributed by atoms with van der Waals surface area (Å²) in [6, 6.07) is 0. The SMILES string of the molecule is CC(COCC(COCC(COCC(COCC(COCC(COCCOCCS)OCCOCCS)OCCOCCS)OCCOCCS)OCCOCCS)OCCOCCS)OCCOCCS. The zero-order valence-corrected chi connectivity index (χ0v) is 49.2. The fourth-order valence-corrected chi connectivity index (χ4v) is 6.54. The third-order valence-corrected chi connectivity index (χ3v) is 10.2. The first kappa shape index (κ1) is 73.7. The monoisotopic (exact) mass is 1170 g/mol. The molecule has 0 saturated heterocycles. The van der Waals surface area contributed by atoms with Gasteiger partial charge in [0.2, 0.25) is 0 Å². The van der Waals surface area contributed by atoms with Crippen molar-refractivity contribution in [3.63, 3.8) is 0 Å². The molecule has 434 valence electrons. The van der Waals surface area contributed by atoms with Crippen LogP contribution in [0.5, 0.6) is 0 Å². The molecule has 0 aromatic rings. The lowest BCUT2D eigenvalue weighted by molar-refractivity contribution is -0.128. The van der Waals surface area contributed by atoms with Crippen LogP contribution in [0.4, 0.5) is 0 Å². The highest BCUT2D eigenvalue weighted by molar-refractivity contribution is 7.81. The van der Waals surface area contributed by atoms with Gasteiger partial charge in [-0.3, -0.25) is 0 Å². The van der Waals surface area contributed by atoms with Crippen LogP contribution >= 0.6 is 88.4 Å². The van der Waals surface area contributed by atoms with E-state index in [1.165, 1.54) is 0 Å². The Kier molecular flexibility index (Phi) is 63.3. The summed E-state index contributed by atoms with van der Waals surface area (Å²) in [7, 11) is 0. The van der Waals surface area contributed by atoms with Gasteiger partial charge in [0.25, 0.3) is 0 Å². The molecule has 6 atom stereocenters. The van der Waals surface area contributed by atoms with Gasteiger partial charge in [0.05, 0.1) is 218 Å². The maximum Gasteiger partial charge on any atom is 0.104 e. The summed E-state index contributed by atoms with van der Waals surface area (Å²) in [5, 5.41) is 0. The molecule has 0 radical (unpaired) electrons. The highest BCUT2D eigenvalue weighted by Crippen LogP contribution is 2.07. The van der Waals surface area contributed by atoms with Gasteiger partial charge in [0.1, 0.15) is 30.5 Å². The van der Waals surface area contributed by atoms with Crippen LogP contribution in [-0.2, 0) is 90.0 Å². The van der Waals surface area contributed by atoms with Crippen LogP contribution in [0.3, 0.4) is 0 Å². The lowest BCUT2D eigenvalue weighted by Gasteiger charge is -2.24. The van der Waals surface area contributed by atoms with Crippen molar-refractivity contribution in [1.29, 1.82) is 0 Å². The molecule has 26 heteroatoms. The van der Waals surface area contributed by atoms with E-state index >= 15 is 0 Å². The zero-order valence-electron chi connectivity index (χ0n) is 42.9. The lowest BCUT2D eigenvalue weighted by Crippen LogP contribution is -2.35. The Balaban J connectivity index is 5.62. The summed E-state index contributed by atoms with van der Waals surface area (Å²) < 4.78 is 112. The van der Waals surface area contributed by atoms with Crippen molar-refractivity contribution in [2.75, 3.05) is 252 Å². The maximum atomic E-state index is 6.23. The van der Waals surface area contributed by atoms with Crippen LogP contribution in [0.25, 0.3) is 0 Å². The van der Waals surface area contributed by atoms with Gasteiger partial charge >= 0.3 is 0 Å². The number of hydrogen-bond donors (Lipinski definition) is 7. The van der Waals surface area contributed by atoms with E-state index in [0.29, 0.717) is 199 Å². The summed E-state index contributed by atoms with van der Waals surface area (Å²) in [4.78, 5) is 0. The van der Waals surface area contributed by atoms with Gasteiger partial charge in [-0.15, -0.1) is 0 Å². The minimum atomic E-state index is -0.451. The maximum absolute atomic E-state index is 6.23. The van der Waals surface area contributed by atoms with E-state index < -0.39 is 18.3 Å². The molecule has 0 aliphatic rings. The van der Waals surface area contributed by atoms with E-state index in [1.807, 2.05) is 6.92 Å². The van der Waals surface area contributed by atoms with E-state index in [2.05, 4.69) is 88.4 Å². The minimum absolute atomic E-state index is 0.131. The van der Waals surface area contributed by atoms with E-state index in [0.717, 1.165) is 0 Å². The molecule has 0 spiro atoms. The summed E-state index contributed by atoms with van der Waals surface area (Å²) in [6.07, 6.45) is -2.16. The van der Waals surface area contributed by atoms with Crippen LogP contribution in [0.2, 0.25) is 0 Å². The van der Waals surface area contributed by atoms with Crippen LogP contribution in [-0.4, -0.2) is 288 Å². The first-order valence-electron chi connectivity index (χ1n) is 24.9. The molecule has 0 fully saturated rings. The number of rotatable bonds is 63. The lowest BCUT2D eigenvalue weighted by atomic mass is 10.3. The molecular weight excluding hydrogens is 1080 g/mol. The van der Waals surface area contributed by atoms with Crippen molar-refractivity contribution in [3.05, 3.63) is 0 Å². The van der Waals surface area contributed by atoms with Gasteiger partial charge in [-0.1, -0.05) is 0 Å². The standard InChI is InChI=1S/C46H94O19S7/c1-41(60-10-4-48-17-24-67)30-55-32-43(62-12-6-50-19-26-69)34-57-36-45(64-14-8-52-21-28-71)38-59-40-46(65-15-9-53-22-29-72)39-58-37-44(63-13-7-51-20-27-70)35-56-33-42(61-11-5-49-18-25-68)31-54-3-2-47-16-23-66/h41-46,66-72H,2-40H2,1H3. The summed E-state index contributed by atoms with van der Waals surface area (Å²) in [6.45, 7) is 14.1. The van der Waals surface area contributed by atoms with Gasteiger partial charge in [-0.05, 0) is 6.92 Å². The van der Waals surface area contributed by atoms with Gasteiger partial charge in [0, 0.05) is 40.3 Å². The van der Waals surface area contributed by atoms with Crippen LogP contribution in [0.15, 0.2) is 0 Å². The molecule has 0 saturated carbocycles. The number of hydrogen-bond acceptors (Lipinski definition) is 26. The topological polar surface area (TPSA) is 175 Å². The molecule has 0 bridgehead atoms. The van der Waals surface area contributed by atoms with E-state index in [4.69, 9.17) is 90.0 Å². The largest absolute Gasteiger partial charge is 0.378 e. The van der Waals surface area contributed by atoms with Crippen molar-refractivity contribution in [3.8, 4) is 0 Å². The molecule has 0 aliphatic heterocycles. The molecule has 0 amide bonds. The molecule has 0 aromatic carbocycles. The van der Waals surface area contributed by atoms with Crippen molar-refractivity contribution in [2.24, 2.45) is 0 Å². The van der Waals surface area contributed by atoms with E-state index in [-0.39, 0.29) is 71.2 Å². The Morgan fingerprint density at radius 1 is 0.194 bits per heavy atom. The number of ether oxygens (including phenoxy) is 19. The molecule has 0 rings (SSSR count). The minimum Gasteiger partial charge on any atom is -0.378 e. The third-order valence-electron chi connectivity index (χ3n) is 8.95. The second kappa shape index (κ2) is 61.9. The van der Waals surface area contributed by atoms with Crippen LogP contribution in [0.1, 0.15) is 6.92 Å². The quantitative estimate of drug-likeness (QED) is 0.0350. The smallest absolute Gasteiger partial charge is 0.104 e. The van der Waals surface area contributed by atoms with Crippen molar-refractivity contribution in [1.82, 2.24) is 0 Å². The number of thiol groups is 7. The molecule has 6 unspecified atom stereocenters. The van der Waals surface area contributed by atoms with Gasteiger partial charge in [0.15, 0.2) is 0 Å². The second-order valence-corrected chi connectivity index (χ2v) is 18.4. The fraction of sp³-hybridized carbons (Fsp3) is 1.00. The average molecular weight is 1180 g/mol. The first-order valence-corrected chi connectivity index (χ1v) is 29.4.